The van der Waals surface area contributed by atoms with E-state index >= 15 is 0 Å². The highest BCUT2D eigenvalue weighted by molar-refractivity contribution is 6.42. The second-order valence-corrected chi connectivity index (χ2v) is 3.65. The topological polar surface area (TPSA) is 56.5 Å². The molecule has 0 radical (unpaired) electrons. The maximum atomic E-state index is 11.8. The molecule has 0 aliphatic carbocycles. The van der Waals surface area contributed by atoms with Crippen molar-refractivity contribution in [3.63, 3.8) is 0 Å². The number of Topliss-reactive ketones (excluding diaryl/α,β-unsaturated/α-hetero) is 1. The predicted molar refractivity (Wildman–Crippen MR) is 61.9 cm³/mol. The Morgan fingerprint density at radius 1 is 1.35 bits per heavy atom. The van der Waals surface area contributed by atoms with Crippen LogP contribution in [0.1, 0.15) is 22.8 Å². The van der Waals surface area contributed by atoms with Crippen LogP contribution in [0.2, 0.25) is 0 Å². The fourth-order valence-electron chi connectivity index (χ4n) is 1.67. The molecule has 88 valence electrons. The summed E-state index contributed by atoms with van der Waals surface area (Å²) in [5, 5.41) is 0.833. The third-order valence-corrected chi connectivity index (χ3v) is 2.50. The van der Waals surface area contributed by atoms with Gasteiger partial charge in [0.25, 0.3) is 5.78 Å². The summed E-state index contributed by atoms with van der Waals surface area (Å²) in [5.74, 6) is -1.53. The molecule has 0 N–H and O–H groups in total. The van der Waals surface area contributed by atoms with Crippen LogP contribution in [-0.2, 0) is 9.53 Å². The smallest absolute Gasteiger partial charge is 0.379 e. The number of ketones is 1. The van der Waals surface area contributed by atoms with Gasteiger partial charge in [0.15, 0.2) is 0 Å². The summed E-state index contributed by atoms with van der Waals surface area (Å²) in [5.41, 5.74) is 1.61. The number of aryl methyl sites for hydroxylation is 1. The Morgan fingerprint density at radius 2 is 2.12 bits per heavy atom. The van der Waals surface area contributed by atoms with E-state index in [4.69, 9.17) is 4.42 Å². The summed E-state index contributed by atoms with van der Waals surface area (Å²) in [6.45, 7) is 3.71. The molecule has 1 heterocycles. The van der Waals surface area contributed by atoms with Crippen molar-refractivity contribution in [1.82, 2.24) is 0 Å². The molecule has 0 saturated heterocycles. The summed E-state index contributed by atoms with van der Waals surface area (Å²) in [7, 11) is 0. The average Bonchev–Trinajstić information content (AvgIpc) is 2.71. The average molecular weight is 232 g/mol. The Labute approximate surface area is 98.2 Å². The zero-order valence-corrected chi connectivity index (χ0v) is 9.65. The van der Waals surface area contributed by atoms with Crippen molar-refractivity contribution in [2.45, 2.75) is 13.8 Å². The fraction of sp³-hybridized carbons (Fsp3) is 0.231. The van der Waals surface area contributed by atoms with Gasteiger partial charge >= 0.3 is 5.97 Å². The van der Waals surface area contributed by atoms with E-state index in [0.29, 0.717) is 5.58 Å². The van der Waals surface area contributed by atoms with Crippen LogP contribution in [0.3, 0.4) is 0 Å². The minimum Gasteiger partial charge on any atom is -0.463 e. The SMILES string of the molecule is CCOC(=O)C(=O)c1cccc2c(C)coc12. The maximum absolute atomic E-state index is 11.8. The number of hydrogen-bond acceptors (Lipinski definition) is 4. The molecule has 0 unspecified atom stereocenters. The summed E-state index contributed by atoms with van der Waals surface area (Å²) in [6.07, 6.45) is 1.56. The van der Waals surface area contributed by atoms with E-state index in [2.05, 4.69) is 4.74 Å². The van der Waals surface area contributed by atoms with Crippen LogP contribution in [0.4, 0.5) is 0 Å². The van der Waals surface area contributed by atoms with Gasteiger partial charge in [-0.2, -0.15) is 0 Å². The molecule has 0 aliphatic rings. The maximum Gasteiger partial charge on any atom is 0.379 e. The molecular formula is C13H12O4. The van der Waals surface area contributed by atoms with Crippen molar-refractivity contribution in [1.29, 1.82) is 0 Å². The Hall–Kier alpha value is -2.10. The first-order valence-corrected chi connectivity index (χ1v) is 5.33. The number of benzene rings is 1. The molecule has 0 amide bonds. The second-order valence-electron chi connectivity index (χ2n) is 3.65. The number of hydrogen-bond donors (Lipinski definition) is 0. The predicted octanol–water partition coefficient (Wildman–Crippen LogP) is 2.49. The van der Waals surface area contributed by atoms with Gasteiger partial charge in [-0.1, -0.05) is 12.1 Å². The number of ether oxygens (including phenoxy) is 1. The third kappa shape index (κ3) is 1.93. The van der Waals surface area contributed by atoms with Gasteiger partial charge in [0.05, 0.1) is 18.4 Å². The molecule has 0 spiro atoms. The lowest BCUT2D eigenvalue weighted by Crippen LogP contribution is -2.17. The Morgan fingerprint density at radius 3 is 2.82 bits per heavy atom. The van der Waals surface area contributed by atoms with Gasteiger partial charge in [-0.25, -0.2) is 4.79 Å². The fourth-order valence-corrected chi connectivity index (χ4v) is 1.67. The lowest BCUT2D eigenvalue weighted by atomic mass is 10.1. The van der Waals surface area contributed by atoms with Gasteiger partial charge < -0.3 is 9.15 Å². The molecule has 1 aromatic carbocycles. The van der Waals surface area contributed by atoms with Gasteiger partial charge in [0, 0.05) is 5.39 Å². The van der Waals surface area contributed by atoms with Gasteiger partial charge in [-0.3, -0.25) is 4.79 Å². The van der Waals surface area contributed by atoms with E-state index in [1.165, 1.54) is 0 Å². The highest BCUT2D eigenvalue weighted by atomic mass is 16.5. The largest absolute Gasteiger partial charge is 0.463 e. The van der Waals surface area contributed by atoms with Gasteiger partial charge in [-0.15, -0.1) is 0 Å². The number of carbonyl (C=O) groups excluding carboxylic acids is 2. The molecule has 1 aromatic heterocycles. The molecule has 17 heavy (non-hydrogen) atoms. The molecule has 2 aromatic rings. The quantitative estimate of drug-likeness (QED) is 0.463. The first-order chi connectivity index (χ1) is 8.15. The minimum atomic E-state index is -0.853. The number of fused-ring (bicyclic) bond motifs is 1. The summed E-state index contributed by atoms with van der Waals surface area (Å²) >= 11 is 0. The highest BCUT2D eigenvalue weighted by Crippen LogP contribution is 2.24. The van der Waals surface area contributed by atoms with Crippen LogP contribution in [0.5, 0.6) is 0 Å². The molecule has 0 saturated carbocycles. The van der Waals surface area contributed by atoms with Crippen molar-refractivity contribution in [2.24, 2.45) is 0 Å². The van der Waals surface area contributed by atoms with Crippen molar-refractivity contribution < 1.29 is 18.7 Å². The molecule has 4 heteroatoms. The Kier molecular flexibility index (Phi) is 2.95. The van der Waals surface area contributed by atoms with Crippen LogP contribution >= 0.6 is 0 Å². The molecule has 4 nitrogen and oxygen atoms in total. The van der Waals surface area contributed by atoms with Gasteiger partial charge in [0.1, 0.15) is 5.58 Å². The first-order valence-electron chi connectivity index (χ1n) is 5.33. The van der Waals surface area contributed by atoms with Crippen LogP contribution in [0, 0.1) is 6.92 Å². The monoisotopic (exact) mass is 232 g/mol. The molecule has 2 rings (SSSR count). The van der Waals surface area contributed by atoms with E-state index in [1.54, 1.807) is 25.3 Å². The molecule has 0 atom stereocenters. The number of rotatable bonds is 3. The number of furan rings is 1. The Balaban J connectivity index is 2.49. The highest BCUT2D eigenvalue weighted by Gasteiger charge is 2.21. The van der Waals surface area contributed by atoms with E-state index in [9.17, 15) is 9.59 Å². The first kappa shape index (κ1) is 11.4. The van der Waals surface area contributed by atoms with Crippen LogP contribution in [-0.4, -0.2) is 18.4 Å². The van der Waals surface area contributed by atoms with E-state index in [-0.39, 0.29) is 12.2 Å². The molecular weight excluding hydrogens is 220 g/mol. The summed E-state index contributed by atoms with van der Waals surface area (Å²) < 4.78 is 9.98. The zero-order chi connectivity index (χ0) is 12.4. The standard InChI is InChI=1S/C13H12O4/c1-3-16-13(15)11(14)10-6-4-5-9-8(2)7-17-12(9)10/h4-7H,3H2,1-2H3. The van der Waals surface area contributed by atoms with Crippen molar-refractivity contribution in [3.8, 4) is 0 Å². The molecule has 0 bridgehead atoms. The van der Waals surface area contributed by atoms with Crippen LogP contribution in [0.25, 0.3) is 11.0 Å². The van der Waals surface area contributed by atoms with E-state index in [1.807, 2.05) is 13.0 Å². The van der Waals surface area contributed by atoms with Crippen LogP contribution < -0.4 is 0 Å². The summed E-state index contributed by atoms with van der Waals surface area (Å²) in [4.78, 5) is 23.2. The van der Waals surface area contributed by atoms with Crippen molar-refractivity contribution in [3.05, 3.63) is 35.6 Å². The summed E-state index contributed by atoms with van der Waals surface area (Å²) in [6, 6.07) is 5.12. The number of para-hydroxylation sites is 1. The number of esters is 1. The zero-order valence-electron chi connectivity index (χ0n) is 9.65. The van der Waals surface area contributed by atoms with Gasteiger partial charge in [0.2, 0.25) is 0 Å². The third-order valence-electron chi connectivity index (χ3n) is 2.50. The van der Waals surface area contributed by atoms with Crippen LogP contribution in [0.15, 0.2) is 28.9 Å². The normalized spacial score (nSPS) is 10.5. The van der Waals surface area contributed by atoms with E-state index in [0.717, 1.165) is 10.9 Å². The van der Waals surface area contributed by atoms with Crippen molar-refractivity contribution >= 4 is 22.7 Å². The lowest BCUT2D eigenvalue weighted by molar-refractivity contribution is -0.137. The number of carbonyl (C=O) groups is 2. The molecule has 0 fully saturated rings. The van der Waals surface area contributed by atoms with Gasteiger partial charge in [-0.05, 0) is 25.5 Å². The second kappa shape index (κ2) is 4.41. The minimum absolute atomic E-state index is 0.178. The Bertz CT molecular complexity index is 580. The lowest BCUT2D eigenvalue weighted by Gasteiger charge is -2.01. The van der Waals surface area contributed by atoms with E-state index < -0.39 is 11.8 Å². The van der Waals surface area contributed by atoms with Crippen molar-refractivity contribution in [2.75, 3.05) is 6.61 Å². The molecule has 0 aliphatic heterocycles.